The Morgan fingerprint density at radius 2 is 1.86 bits per heavy atom. The summed E-state index contributed by atoms with van der Waals surface area (Å²) in [6, 6.07) is 10.7. The molecule has 2 rings (SSSR count). The number of carbonyl (C=O) groups excluding carboxylic acids is 2. The predicted molar refractivity (Wildman–Crippen MR) is 108 cm³/mol. The third kappa shape index (κ3) is 6.09. The lowest BCUT2D eigenvalue weighted by atomic mass is 10.2. The zero-order valence-electron chi connectivity index (χ0n) is 16.3. The first kappa shape index (κ1) is 21.5. The van der Waals surface area contributed by atoms with Crippen molar-refractivity contribution in [3.05, 3.63) is 52.6 Å². The molecule has 0 bridgehead atoms. The van der Waals surface area contributed by atoms with E-state index in [0.29, 0.717) is 29.3 Å². The number of nitro benzene ring substituents is 1. The topological polar surface area (TPSA) is 126 Å². The minimum Gasteiger partial charge on any atom is -0.468 e. The summed E-state index contributed by atoms with van der Waals surface area (Å²) in [5, 5.41) is 21.6. The Balaban J connectivity index is 2.31. The summed E-state index contributed by atoms with van der Waals surface area (Å²) in [5.74, 6) is -0.667. The molecule has 0 atom stereocenters. The third-order valence-electron chi connectivity index (χ3n) is 3.92. The second-order valence-electron chi connectivity index (χ2n) is 5.95. The van der Waals surface area contributed by atoms with Crippen LogP contribution in [0.3, 0.4) is 0 Å². The number of likely N-dealkylation sites (N-methyl/N-ethyl adjacent to an activating group) is 1. The van der Waals surface area contributed by atoms with E-state index in [1.54, 1.807) is 23.1 Å². The van der Waals surface area contributed by atoms with Gasteiger partial charge in [0.05, 0.1) is 23.4 Å². The summed E-state index contributed by atoms with van der Waals surface area (Å²) in [7, 11) is 1.32. The van der Waals surface area contributed by atoms with Crippen molar-refractivity contribution in [1.82, 2.24) is 0 Å². The molecule has 0 saturated carbocycles. The number of nitro groups is 1. The van der Waals surface area contributed by atoms with Crippen LogP contribution >= 0.6 is 0 Å². The minimum atomic E-state index is -0.498. The van der Waals surface area contributed by atoms with Crippen molar-refractivity contribution in [2.75, 3.05) is 30.4 Å². The summed E-state index contributed by atoms with van der Waals surface area (Å²) in [6.07, 6.45) is 0. The van der Waals surface area contributed by atoms with Gasteiger partial charge in [0.25, 0.3) is 5.69 Å². The Bertz CT molecular complexity index is 927. The molecule has 0 spiro atoms. The number of benzene rings is 2. The first-order valence-corrected chi connectivity index (χ1v) is 8.73. The Morgan fingerprint density at radius 3 is 2.41 bits per heavy atom. The van der Waals surface area contributed by atoms with Crippen molar-refractivity contribution >= 4 is 40.3 Å². The molecule has 29 heavy (non-hydrogen) atoms. The maximum atomic E-state index is 11.6. The van der Waals surface area contributed by atoms with E-state index in [1.165, 1.54) is 38.3 Å². The second kappa shape index (κ2) is 9.93. The lowest BCUT2D eigenvalue weighted by molar-refractivity contribution is -0.384. The fourth-order valence-electron chi connectivity index (χ4n) is 2.46. The molecular formula is C19H21N5O5. The molecule has 2 aromatic rings. The van der Waals surface area contributed by atoms with Crippen molar-refractivity contribution in [1.29, 1.82) is 0 Å². The molecule has 152 valence electrons. The van der Waals surface area contributed by atoms with Crippen LogP contribution < -0.4 is 10.2 Å². The maximum Gasteiger partial charge on any atom is 0.325 e. The number of anilines is 2. The minimum absolute atomic E-state index is 0.0440. The van der Waals surface area contributed by atoms with Gasteiger partial charge in [-0.1, -0.05) is 0 Å². The molecular weight excluding hydrogens is 378 g/mol. The van der Waals surface area contributed by atoms with Crippen LogP contribution in [-0.4, -0.2) is 37.0 Å². The van der Waals surface area contributed by atoms with E-state index in [-0.39, 0.29) is 24.1 Å². The predicted octanol–water partition coefficient (Wildman–Crippen LogP) is 3.97. The molecule has 0 aliphatic heterocycles. The van der Waals surface area contributed by atoms with Gasteiger partial charge in [0.1, 0.15) is 12.2 Å². The summed E-state index contributed by atoms with van der Waals surface area (Å²) in [6.45, 7) is 3.88. The van der Waals surface area contributed by atoms with Gasteiger partial charge in [-0.25, -0.2) is 0 Å². The van der Waals surface area contributed by atoms with Crippen LogP contribution in [0, 0.1) is 10.1 Å². The summed E-state index contributed by atoms with van der Waals surface area (Å²) < 4.78 is 4.71. The average molecular weight is 399 g/mol. The molecule has 2 aromatic carbocycles. The van der Waals surface area contributed by atoms with Crippen LogP contribution in [0.2, 0.25) is 0 Å². The highest BCUT2D eigenvalue weighted by atomic mass is 16.6. The number of hydrogen-bond donors (Lipinski definition) is 1. The van der Waals surface area contributed by atoms with Crippen LogP contribution in [0.1, 0.15) is 13.8 Å². The molecule has 0 radical (unpaired) electrons. The van der Waals surface area contributed by atoms with Gasteiger partial charge < -0.3 is 15.0 Å². The van der Waals surface area contributed by atoms with Gasteiger partial charge in [-0.05, 0) is 37.3 Å². The van der Waals surface area contributed by atoms with E-state index in [9.17, 15) is 19.7 Å². The largest absolute Gasteiger partial charge is 0.468 e. The third-order valence-corrected chi connectivity index (χ3v) is 3.92. The van der Waals surface area contributed by atoms with Crippen molar-refractivity contribution in [3.8, 4) is 0 Å². The van der Waals surface area contributed by atoms with Gasteiger partial charge in [-0.3, -0.25) is 19.7 Å². The number of carbonyl (C=O) groups is 2. The number of methoxy groups -OCH3 is 1. The molecule has 0 fully saturated rings. The smallest absolute Gasteiger partial charge is 0.325 e. The molecule has 10 heteroatoms. The standard InChI is InChI=1S/C19H21N5O5/c1-4-23(12-19(26)29-3)16-9-10-17(18(11-16)20-13(2)25)22-21-14-5-7-15(8-6-14)24(27)28/h5-11H,4,12H2,1-3H3,(H,20,25). The summed E-state index contributed by atoms with van der Waals surface area (Å²) in [5.41, 5.74) is 1.91. The first-order chi connectivity index (χ1) is 13.8. The number of nitrogens with zero attached hydrogens (tertiary/aromatic N) is 4. The van der Waals surface area contributed by atoms with Crippen LogP contribution in [0.5, 0.6) is 0 Å². The van der Waals surface area contributed by atoms with Crippen molar-refractivity contribution < 1.29 is 19.2 Å². The number of rotatable bonds is 8. The molecule has 0 aromatic heterocycles. The van der Waals surface area contributed by atoms with Gasteiger partial charge in [0.15, 0.2) is 0 Å². The van der Waals surface area contributed by atoms with Crippen LogP contribution in [0.4, 0.5) is 28.4 Å². The maximum absolute atomic E-state index is 11.6. The highest BCUT2D eigenvalue weighted by Gasteiger charge is 2.13. The molecule has 0 aliphatic carbocycles. The number of esters is 1. The van der Waals surface area contributed by atoms with E-state index in [1.807, 2.05) is 6.92 Å². The monoisotopic (exact) mass is 399 g/mol. The molecule has 0 unspecified atom stereocenters. The Morgan fingerprint density at radius 1 is 1.17 bits per heavy atom. The van der Waals surface area contributed by atoms with Crippen molar-refractivity contribution in [2.24, 2.45) is 10.2 Å². The fraction of sp³-hybridized carbons (Fsp3) is 0.263. The van der Waals surface area contributed by atoms with E-state index in [4.69, 9.17) is 4.74 Å². The van der Waals surface area contributed by atoms with Gasteiger partial charge in [-0.2, -0.15) is 5.11 Å². The summed E-state index contributed by atoms with van der Waals surface area (Å²) in [4.78, 5) is 35.2. The average Bonchev–Trinajstić information content (AvgIpc) is 2.70. The highest BCUT2D eigenvalue weighted by molar-refractivity contribution is 5.93. The number of amides is 1. The SMILES string of the molecule is CCN(CC(=O)OC)c1ccc(N=Nc2ccc([N+](=O)[O-])cc2)c(NC(C)=O)c1. The highest BCUT2D eigenvalue weighted by Crippen LogP contribution is 2.32. The Kier molecular flexibility index (Phi) is 7.35. The molecule has 0 saturated heterocycles. The quantitative estimate of drug-likeness (QED) is 0.310. The number of azo groups is 1. The van der Waals surface area contributed by atoms with Gasteiger partial charge in [-0.15, -0.1) is 5.11 Å². The Hall–Kier alpha value is -3.82. The van der Waals surface area contributed by atoms with Crippen LogP contribution in [-0.2, 0) is 14.3 Å². The zero-order chi connectivity index (χ0) is 21.4. The van der Waals surface area contributed by atoms with Gasteiger partial charge in [0.2, 0.25) is 5.91 Å². The summed E-state index contributed by atoms with van der Waals surface area (Å²) >= 11 is 0. The lowest BCUT2D eigenvalue weighted by Gasteiger charge is -2.22. The number of hydrogen-bond acceptors (Lipinski definition) is 8. The normalized spacial score (nSPS) is 10.6. The van der Waals surface area contributed by atoms with Crippen molar-refractivity contribution in [3.63, 3.8) is 0 Å². The fourth-order valence-corrected chi connectivity index (χ4v) is 2.46. The molecule has 1 N–H and O–H groups in total. The van der Waals surface area contributed by atoms with E-state index in [2.05, 4.69) is 15.5 Å². The number of nitrogens with one attached hydrogen (secondary N) is 1. The van der Waals surface area contributed by atoms with E-state index < -0.39 is 4.92 Å². The second-order valence-corrected chi connectivity index (χ2v) is 5.95. The van der Waals surface area contributed by atoms with Crippen LogP contribution in [0.25, 0.3) is 0 Å². The van der Waals surface area contributed by atoms with Crippen molar-refractivity contribution in [2.45, 2.75) is 13.8 Å². The molecule has 0 aliphatic rings. The van der Waals surface area contributed by atoms with Gasteiger partial charge >= 0.3 is 5.97 Å². The van der Waals surface area contributed by atoms with Crippen LogP contribution in [0.15, 0.2) is 52.7 Å². The zero-order valence-corrected chi connectivity index (χ0v) is 16.3. The van der Waals surface area contributed by atoms with E-state index in [0.717, 1.165) is 0 Å². The first-order valence-electron chi connectivity index (χ1n) is 8.73. The lowest BCUT2D eigenvalue weighted by Crippen LogP contribution is -2.30. The van der Waals surface area contributed by atoms with E-state index >= 15 is 0 Å². The number of ether oxygens (including phenoxy) is 1. The molecule has 0 heterocycles. The number of non-ortho nitro benzene ring substituents is 1. The Labute approximate surface area is 167 Å². The molecule has 1 amide bonds. The molecule has 10 nitrogen and oxygen atoms in total. The van der Waals surface area contributed by atoms with Gasteiger partial charge in [0, 0.05) is 31.3 Å².